The van der Waals surface area contributed by atoms with Crippen molar-refractivity contribution >= 4 is 5.91 Å². The van der Waals surface area contributed by atoms with Crippen molar-refractivity contribution in [2.24, 2.45) is 0 Å². The minimum Gasteiger partial charge on any atom is -0.459 e. The number of rotatable bonds is 7. The molecule has 1 N–H and O–H groups in total. The van der Waals surface area contributed by atoms with Gasteiger partial charge in [-0.25, -0.2) is 0 Å². The molecule has 1 heterocycles. The predicted octanol–water partition coefficient (Wildman–Crippen LogP) is 2.21. The van der Waals surface area contributed by atoms with Crippen LogP contribution in [0.3, 0.4) is 0 Å². The van der Waals surface area contributed by atoms with Crippen LogP contribution in [-0.4, -0.2) is 35.6 Å². The van der Waals surface area contributed by atoms with E-state index in [4.69, 9.17) is 9.52 Å². The van der Waals surface area contributed by atoms with E-state index in [9.17, 15) is 4.79 Å². The average Bonchev–Trinajstić information content (AvgIpc) is 2.74. The number of aliphatic hydroxyl groups excluding tert-OH is 1. The van der Waals surface area contributed by atoms with Crippen LogP contribution in [0.25, 0.3) is 0 Å². The molecule has 0 unspecified atom stereocenters. The number of unbranched alkanes of at least 4 members (excludes halogenated alkanes) is 2. The fourth-order valence-corrected chi connectivity index (χ4v) is 1.72. The van der Waals surface area contributed by atoms with Gasteiger partial charge in [0.05, 0.1) is 12.9 Å². The number of aryl methyl sites for hydroxylation is 1. The third-order valence-electron chi connectivity index (χ3n) is 2.75. The molecular weight excluding hydrogens is 218 g/mol. The molecule has 0 aliphatic carbocycles. The van der Waals surface area contributed by atoms with Gasteiger partial charge in [0.15, 0.2) is 5.76 Å². The van der Waals surface area contributed by atoms with Crippen molar-refractivity contribution in [2.75, 3.05) is 19.7 Å². The summed E-state index contributed by atoms with van der Waals surface area (Å²) in [6.07, 6.45) is 4.68. The van der Waals surface area contributed by atoms with E-state index in [1.54, 1.807) is 11.0 Å². The molecule has 1 rings (SSSR count). The number of furan rings is 1. The molecule has 0 aromatic carbocycles. The maximum absolute atomic E-state index is 12.1. The van der Waals surface area contributed by atoms with Crippen molar-refractivity contribution < 1.29 is 14.3 Å². The summed E-state index contributed by atoms with van der Waals surface area (Å²) in [4.78, 5) is 13.8. The number of carbonyl (C=O) groups is 1. The zero-order valence-corrected chi connectivity index (χ0v) is 10.6. The van der Waals surface area contributed by atoms with Gasteiger partial charge in [0, 0.05) is 18.7 Å². The van der Waals surface area contributed by atoms with Crippen LogP contribution in [0.2, 0.25) is 0 Å². The second kappa shape index (κ2) is 7.12. The lowest BCUT2D eigenvalue weighted by atomic mass is 10.2. The lowest BCUT2D eigenvalue weighted by Crippen LogP contribution is -2.34. The molecule has 4 heteroatoms. The Labute approximate surface area is 102 Å². The van der Waals surface area contributed by atoms with Crippen molar-refractivity contribution in [2.45, 2.75) is 33.1 Å². The van der Waals surface area contributed by atoms with Crippen LogP contribution in [0.4, 0.5) is 0 Å². The maximum Gasteiger partial charge on any atom is 0.289 e. The minimum absolute atomic E-state index is 0.0162. The molecule has 0 saturated carbocycles. The smallest absolute Gasteiger partial charge is 0.289 e. The molecule has 0 bridgehead atoms. The quantitative estimate of drug-likeness (QED) is 0.742. The van der Waals surface area contributed by atoms with Gasteiger partial charge in [0.2, 0.25) is 0 Å². The van der Waals surface area contributed by atoms with Crippen LogP contribution in [0.5, 0.6) is 0 Å². The molecule has 4 nitrogen and oxygen atoms in total. The minimum atomic E-state index is -0.127. The molecule has 0 saturated heterocycles. The number of carbonyl (C=O) groups excluding carboxylic acids is 1. The molecule has 0 atom stereocenters. The van der Waals surface area contributed by atoms with E-state index in [1.807, 2.05) is 6.92 Å². The normalized spacial score (nSPS) is 10.5. The fraction of sp³-hybridized carbons (Fsp3) is 0.615. The van der Waals surface area contributed by atoms with Crippen LogP contribution >= 0.6 is 0 Å². The largest absolute Gasteiger partial charge is 0.459 e. The van der Waals surface area contributed by atoms with Crippen LogP contribution in [0.15, 0.2) is 16.7 Å². The Kier molecular flexibility index (Phi) is 5.77. The van der Waals surface area contributed by atoms with E-state index in [0.29, 0.717) is 18.8 Å². The van der Waals surface area contributed by atoms with E-state index in [-0.39, 0.29) is 12.5 Å². The second-order valence-electron chi connectivity index (χ2n) is 4.16. The van der Waals surface area contributed by atoms with Crippen molar-refractivity contribution in [3.05, 3.63) is 23.7 Å². The number of hydrogen-bond donors (Lipinski definition) is 1. The van der Waals surface area contributed by atoms with E-state index in [0.717, 1.165) is 24.8 Å². The Morgan fingerprint density at radius 1 is 1.41 bits per heavy atom. The van der Waals surface area contributed by atoms with Crippen molar-refractivity contribution in [3.8, 4) is 0 Å². The number of amides is 1. The van der Waals surface area contributed by atoms with Crippen LogP contribution in [0.1, 0.15) is 42.3 Å². The van der Waals surface area contributed by atoms with Crippen molar-refractivity contribution in [1.82, 2.24) is 4.90 Å². The molecule has 0 aliphatic heterocycles. The number of hydrogen-bond acceptors (Lipinski definition) is 3. The Bertz CT molecular complexity index is 346. The first-order valence-electron chi connectivity index (χ1n) is 6.15. The molecular formula is C13H21NO3. The Morgan fingerprint density at radius 3 is 2.71 bits per heavy atom. The monoisotopic (exact) mass is 239 g/mol. The van der Waals surface area contributed by atoms with E-state index >= 15 is 0 Å². The summed E-state index contributed by atoms with van der Waals surface area (Å²) in [6, 6.07) is 1.77. The molecule has 96 valence electrons. The van der Waals surface area contributed by atoms with Gasteiger partial charge in [-0.05, 0) is 19.4 Å². The molecule has 1 aromatic heterocycles. The highest BCUT2D eigenvalue weighted by molar-refractivity contribution is 5.92. The van der Waals surface area contributed by atoms with Gasteiger partial charge in [-0.2, -0.15) is 0 Å². The SMILES string of the molecule is CCCCCN(CCO)C(=O)c1occc1C. The molecule has 0 spiro atoms. The topological polar surface area (TPSA) is 53.7 Å². The summed E-state index contributed by atoms with van der Waals surface area (Å²) >= 11 is 0. The summed E-state index contributed by atoms with van der Waals surface area (Å²) < 4.78 is 5.19. The highest BCUT2D eigenvalue weighted by Crippen LogP contribution is 2.12. The first-order chi connectivity index (χ1) is 8.20. The zero-order valence-electron chi connectivity index (χ0n) is 10.6. The molecule has 0 aliphatic rings. The Hall–Kier alpha value is -1.29. The van der Waals surface area contributed by atoms with Crippen molar-refractivity contribution in [3.63, 3.8) is 0 Å². The fourth-order valence-electron chi connectivity index (χ4n) is 1.72. The Morgan fingerprint density at radius 2 is 2.18 bits per heavy atom. The molecule has 0 radical (unpaired) electrons. The lowest BCUT2D eigenvalue weighted by molar-refractivity contribution is 0.0686. The van der Waals surface area contributed by atoms with Crippen LogP contribution in [0, 0.1) is 6.92 Å². The maximum atomic E-state index is 12.1. The van der Waals surface area contributed by atoms with E-state index < -0.39 is 0 Å². The number of aliphatic hydroxyl groups is 1. The highest BCUT2D eigenvalue weighted by atomic mass is 16.3. The van der Waals surface area contributed by atoms with Gasteiger partial charge in [-0.15, -0.1) is 0 Å². The van der Waals surface area contributed by atoms with Gasteiger partial charge in [0.1, 0.15) is 0 Å². The molecule has 1 aromatic rings. The molecule has 1 amide bonds. The summed E-state index contributed by atoms with van der Waals surface area (Å²) in [5, 5.41) is 8.98. The van der Waals surface area contributed by atoms with Gasteiger partial charge >= 0.3 is 0 Å². The predicted molar refractivity (Wildman–Crippen MR) is 66.0 cm³/mol. The van der Waals surface area contributed by atoms with Gasteiger partial charge in [0.25, 0.3) is 5.91 Å². The van der Waals surface area contributed by atoms with E-state index in [2.05, 4.69) is 6.92 Å². The molecule has 0 fully saturated rings. The van der Waals surface area contributed by atoms with Gasteiger partial charge in [-0.1, -0.05) is 19.8 Å². The van der Waals surface area contributed by atoms with Gasteiger partial charge in [-0.3, -0.25) is 4.79 Å². The zero-order chi connectivity index (χ0) is 12.7. The second-order valence-corrected chi connectivity index (χ2v) is 4.16. The highest BCUT2D eigenvalue weighted by Gasteiger charge is 2.19. The summed E-state index contributed by atoms with van der Waals surface area (Å²) in [7, 11) is 0. The van der Waals surface area contributed by atoms with E-state index in [1.165, 1.54) is 6.26 Å². The van der Waals surface area contributed by atoms with Crippen LogP contribution < -0.4 is 0 Å². The Balaban J connectivity index is 2.63. The number of nitrogens with zero attached hydrogens (tertiary/aromatic N) is 1. The van der Waals surface area contributed by atoms with Crippen molar-refractivity contribution in [1.29, 1.82) is 0 Å². The lowest BCUT2D eigenvalue weighted by Gasteiger charge is -2.20. The average molecular weight is 239 g/mol. The molecule has 17 heavy (non-hydrogen) atoms. The summed E-state index contributed by atoms with van der Waals surface area (Å²) in [5.41, 5.74) is 0.841. The first kappa shape index (κ1) is 13.8. The summed E-state index contributed by atoms with van der Waals surface area (Å²) in [5.74, 6) is 0.257. The third kappa shape index (κ3) is 3.89. The first-order valence-corrected chi connectivity index (χ1v) is 6.15. The van der Waals surface area contributed by atoms with Gasteiger partial charge < -0.3 is 14.4 Å². The third-order valence-corrected chi connectivity index (χ3v) is 2.75. The standard InChI is InChI=1S/C13H21NO3/c1-3-4-5-7-14(8-9-15)13(16)12-11(2)6-10-17-12/h6,10,15H,3-5,7-9H2,1-2H3. The van der Waals surface area contributed by atoms with Crippen LogP contribution in [-0.2, 0) is 0 Å². The summed E-state index contributed by atoms with van der Waals surface area (Å²) in [6.45, 7) is 4.99.